The van der Waals surface area contributed by atoms with Gasteiger partial charge in [0.05, 0.1) is 18.7 Å². The molecule has 2 aromatic heterocycles. The topological polar surface area (TPSA) is 101 Å². The van der Waals surface area contributed by atoms with Crippen molar-refractivity contribution in [2.45, 2.75) is 18.6 Å². The highest BCUT2D eigenvalue weighted by atomic mass is 19.4. The number of ether oxygens (including phenoxy) is 1. The van der Waals surface area contributed by atoms with Crippen LogP contribution < -0.4 is 5.32 Å². The van der Waals surface area contributed by atoms with E-state index in [1.807, 2.05) is 0 Å². The number of hydrazone groups is 1. The number of carbonyl (C=O) groups is 2. The van der Waals surface area contributed by atoms with Crippen molar-refractivity contribution in [1.29, 1.82) is 0 Å². The molecule has 0 aliphatic carbocycles. The molecule has 5 rings (SSSR count). The molecule has 2 amide bonds. The number of alkyl halides is 3. The lowest BCUT2D eigenvalue weighted by Gasteiger charge is -2.22. The van der Waals surface area contributed by atoms with Crippen LogP contribution in [0.15, 0.2) is 78.2 Å². The number of anilines is 1. The molecular weight excluding hydrogens is 520 g/mol. The number of aromatic nitrogens is 3. The Labute approximate surface area is 217 Å². The molecule has 0 fully saturated rings. The average molecular weight is 536 g/mol. The minimum atomic E-state index is -5.26. The molecule has 0 spiro atoms. The van der Waals surface area contributed by atoms with Crippen molar-refractivity contribution >= 4 is 29.2 Å². The number of carbonyl (C=O) groups excluding carboxylic acids is 2. The number of fused-ring (bicyclic) bond motifs is 1. The monoisotopic (exact) mass is 536 g/mol. The lowest BCUT2D eigenvalue weighted by Crippen LogP contribution is -2.31. The molecule has 1 unspecified atom stereocenters. The van der Waals surface area contributed by atoms with Crippen LogP contribution in [0.1, 0.15) is 29.3 Å². The molecule has 1 N–H and O–H groups in total. The van der Waals surface area contributed by atoms with Crippen molar-refractivity contribution < 1.29 is 31.9 Å². The number of esters is 1. The van der Waals surface area contributed by atoms with Gasteiger partial charge in [0.1, 0.15) is 11.5 Å². The van der Waals surface area contributed by atoms with Gasteiger partial charge in [-0.1, -0.05) is 24.1 Å². The van der Waals surface area contributed by atoms with E-state index in [1.54, 1.807) is 53.3 Å². The van der Waals surface area contributed by atoms with Crippen LogP contribution in [0.2, 0.25) is 0 Å². The molecule has 1 aliphatic heterocycles. The zero-order valence-electron chi connectivity index (χ0n) is 19.7. The first kappa shape index (κ1) is 25.4. The molecule has 196 valence electrons. The van der Waals surface area contributed by atoms with Gasteiger partial charge in [0.15, 0.2) is 5.65 Å². The Hall–Kier alpha value is -5.25. The van der Waals surface area contributed by atoms with Crippen LogP contribution in [-0.4, -0.2) is 43.7 Å². The van der Waals surface area contributed by atoms with Crippen molar-refractivity contribution in [3.8, 4) is 11.8 Å². The molecule has 9 nitrogen and oxygen atoms in total. The molecule has 0 saturated heterocycles. The third-order valence-corrected chi connectivity index (χ3v) is 5.49. The highest BCUT2D eigenvalue weighted by molar-refractivity contribution is 5.96. The Bertz CT molecular complexity index is 1670. The number of imidazole rings is 1. The number of rotatable bonds is 2. The summed E-state index contributed by atoms with van der Waals surface area (Å²) in [4.78, 5) is 28.6. The third kappa shape index (κ3) is 5.69. The molecule has 4 aromatic rings. The molecule has 0 bridgehead atoms. The van der Waals surface area contributed by atoms with E-state index in [9.17, 15) is 27.2 Å². The Kier molecular flexibility index (Phi) is 6.68. The first-order valence-electron chi connectivity index (χ1n) is 11.3. The second kappa shape index (κ2) is 10.3. The molecule has 0 saturated carbocycles. The fourth-order valence-electron chi connectivity index (χ4n) is 3.78. The van der Waals surface area contributed by atoms with E-state index < -0.39 is 35.9 Å². The van der Waals surface area contributed by atoms with Gasteiger partial charge >= 0.3 is 18.2 Å². The zero-order chi connectivity index (χ0) is 27.6. The maximum Gasteiger partial charge on any atom is 0.491 e. The second-order valence-corrected chi connectivity index (χ2v) is 8.20. The van der Waals surface area contributed by atoms with Crippen LogP contribution in [-0.2, 0) is 9.53 Å². The van der Waals surface area contributed by atoms with Gasteiger partial charge in [-0.05, 0) is 53.9 Å². The Balaban J connectivity index is 1.37. The van der Waals surface area contributed by atoms with Gasteiger partial charge in [-0.2, -0.15) is 18.3 Å². The summed E-state index contributed by atoms with van der Waals surface area (Å²) in [5, 5.41) is 11.4. The van der Waals surface area contributed by atoms with Crippen LogP contribution in [0.4, 0.5) is 28.0 Å². The van der Waals surface area contributed by atoms with Crippen molar-refractivity contribution in [3.05, 3.63) is 95.7 Å². The SMILES string of the molecule is O=C(Nc1cccc(C#Cc2cnc3cccnn23)c1)N1N=C(OC(=O)C(F)(F)F)CC1c1cccc(F)c1. The number of hydrogen-bond acceptors (Lipinski definition) is 6. The van der Waals surface area contributed by atoms with Crippen molar-refractivity contribution in [1.82, 2.24) is 19.6 Å². The normalized spacial score (nSPS) is 14.9. The predicted molar refractivity (Wildman–Crippen MR) is 130 cm³/mol. The summed E-state index contributed by atoms with van der Waals surface area (Å²) >= 11 is 0. The average Bonchev–Trinajstić information content (AvgIpc) is 3.52. The lowest BCUT2D eigenvalue weighted by molar-refractivity contribution is -0.191. The first-order valence-corrected chi connectivity index (χ1v) is 11.3. The summed E-state index contributed by atoms with van der Waals surface area (Å²) in [6.07, 6.45) is -2.46. The molecule has 3 heterocycles. The largest absolute Gasteiger partial charge is 0.491 e. The molecule has 1 atom stereocenters. The van der Waals surface area contributed by atoms with E-state index in [0.717, 1.165) is 11.1 Å². The van der Waals surface area contributed by atoms with Crippen LogP contribution >= 0.6 is 0 Å². The number of hydrogen-bond donors (Lipinski definition) is 1. The Morgan fingerprint density at radius 2 is 1.87 bits per heavy atom. The molecule has 13 heteroatoms. The van der Waals surface area contributed by atoms with Crippen LogP contribution in [0, 0.1) is 17.7 Å². The van der Waals surface area contributed by atoms with E-state index in [4.69, 9.17) is 0 Å². The van der Waals surface area contributed by atoms with E-state index in [1.165, 1.54) is 18.2 Å². The quantitative estimate of drug-likeness (QED) is 0.228. The van der Waals surface area contributed by atoms with E-state index in [0.29, 0.717) is 22.6 Å². The van der Waals surface area contributed by atoms with Crippen LogP contribution in [0.25, 0.3) is 5.65 Å². The van der Waals surface area contributed by atoms with Gasteiger partial charge in [-0.3, -0.25) is 0 Å². The van der Waals surface area contributed by atoms with E-state index in [-0.39, 0.29) is 12.0 Å². The third-order valence-electron chi connectivity index (χ3n) is 5.49. The number of halogens is 4. The summed E-state index contributed by atoms with van der Waals surface area (Å²) < 4.78 is 57.9. The summed E-state index contributed by atoms with van der Waals surface area (Å²) in [5.74, 6) is 2.18. The maximum atomic E-state index is 13.9. The first-order chi connectivity index (χ1) is 18.7. The highest BCUT2D eigenvalue weighted by Crippen LogP contribution is 2.33. The maximum absolute atomic E-state index is 13.9. The standard InChI is InChI=1S/C26H16F4N6O3/c27-18-6-2-5-17(13-18)21-14-23(39-24(37)26(28,29)30)34-36(21)25(38)33-19-7-1-4-16(12-19)9-10-20-15-31-22-8-3-11-32-35(20)22/h1-8,11-13,15,21H,14H2,(H,33,38). The van der Waals surface area contributed by atoms with Crippen LogP contribution in [0.3, 0.4) is 0 Å². The summed E-state index contributed by atoms with van der Waals surface area (Å²) in [7, 11) is 0. The van der Waals surface area contributed by atoms with E-state index >= 15 is 0 Å². The Morgan fingerprint density at radius 1 is 1.05 bits per heavy atom. The summed E-state index contributed by atoms with van der Waals surface area (Å²) in [6.45, 7) is 0. The molecule has 39 heavy (non-hydrogen) atoms. The summed E-state index contributed by atoms with van der Waals surface area (Å²) in [6, 6.07) is 13.3. The van der Waals surface area contributed by atoms with Gasteiger partial charge in [0.2, 0.25) is 5.90 Å². The number of urea groups is 1. The van der Waals surface area contributed by atoms with Crippen molar-refractivity contribution in [2.24, 2.45) is 5.10 Å². The minimum Gasteiger partial charge on any atom is -0.403 e. The zero-order valence-corrected chi connectivity index (χ0v) is 19.7. The fourth-order valence-corrected chi connectivity index (χ4v) is 3.78. The van der Waals surface area contributed by atoms with Gasteiger partial charge in [-0.25, -0.2) is 28.5 Å². The molecule has 2 aromatic carbocycles. The minimum absolute atomic E-state index is 0.244. The Morgan fingerprint density at radius 3 is 2.67 bits per heavy atom. The lowest BCUT2D eigenvalue weighted by atomic mass is 10.0. The number of benzene rings is 2. The van der Waals surface area contributed by atoms with Crippen molar-refractivity contribution in [3.63, 3.8) is 0 Å². The number of nitrogens with zero attached hydrogens (tertiary/aromatic N) is 5. The smallest absolute Gasteiger partial charge is 0.403 e. The number of amides is 2. The van der Waals surface area contributed by atoms with Gasteiger partial charge in [0, 0.05) is 17.4 Å². The highest BCUT2D eigenvalue weighted by Gasteiger charge is 2.44. The van der Waals surface area contributed by atoms with Gasteiger partial charge in [0.25, 0.3) is 0 Å². The van der Waals surface area contributed by atoms with Crippen molar-refractivity contribution in [2.75, 3.05) is 5.32 Å². The fraction of sp³-hybridized carbons (Fsp3) is 0.115. The molecular formula is C26H16F4N6O3. The predicted octanol–water partition coefficient (Wildman–Crippen LogP) is 4.67. The van der Waals surface area contributed by atoms with Gasteiger partial charge < -0.3 is 10.1 Å². The van der Waals surface area contributed by atoms with E-state index in [2.05, 4.69) is 37.1 Å². The summed E-state index contributed by atoms with van der Waals surface area (Å²) in [5.41, 5.74) is 2.25. The van der Waals surface area contributed by atoms with Crippen LogP contribution in [0.5, 0.6) is 0 Å². The second-order valence-electron chi connectivity index (χ2n) is 8.20. The number of nitrogens with one attached hydrogen (secondary N) is 1. The molecule has 1 aliphatic rings. The molecule has 0 radical (unpaired) electrons. The van der Waals surface area contributed by atoms with Gasteiger partial charge in [-0.15, -0.1) is 5.10 Å².